The molecule has 0 fully saturated rings. The first kappa shape index (κ1) is 32.6. The number of benzene rings is 2. The molecule has 2 aromatic carbocycles. The predicted octanol–water partition coefficient (Wildman–Crippen LogP) is 9.18. The van der Waals surface area contributed by atoms with Crippen molar-refractivity contribution in [1.29, 1.82) is 0 Å². The van der Waals surface area contributed by atoms with Crippen LogP contribution in [-0.2, 0) is 25.5 Å². The van der Waals surface area contributed by atoms with Crippen LogP contribution in [0, 0.1) is 12.8 Å². The average molecular weight is 633 g/mol. The van der Waals surface area contributed by atoms with E-state index in [1.165, 1.54) is 22.7 Å². The molecule has 0 saturated carbocycles. The Morgan fingerprint density at radius 3 is 2.48 bits per heavy atom. The zero-order valence-corrected chi connectivity index (χ0v) is 27.0. The summed E-state index contributed by atoms with van der Waals surface area (Å²) in [5.74, 6) is -0.646. The molecule has 230 valence electrons. The summed E-state index contributed by atoms with van der Waals surface area (Å²) in [4.78, 5) is 30.7. The van der Waals surface area contributed by atoms with E-state index < -0.39 is 5.97 Å². The summed E-state index contributed by atoms with van der Waals surface area (Å²) in [5, 5.41) is 18.9. The molecule has 2 heterocycles. The molecule has 0 saturated heterocycles. The third-order valence-corrected chi connectivity index (χ3v) is 8.79. The van der Waals surface area contributed by atoms with Gasteiger partial charge in [0.25, 0.3) is 0 Å². The highest BCUT2D eigenvalue weighted by molar-refractivity contribution is 7.30. The van der Waals surface area contributed by atoms with E-state index in [-0.39, 0.29) is 18.5 Å². The lowest BCUT2D eigenvalue weighted by Gasteiger charge is -2.23. The van der Waals surface area contributed by atoms with Crippen LogP contribution in [0.1, 0.15) is 38.3 Å². The number of nitrogens with zero attached hydrogens (tertiary/aromatic N) is 6. The van der Waals surface area contributed by atoms with E-state index in [1.807, 2.05) is 69.3 Å². The lowest BCUT2D eigenvalue weighted by molar-refractivity contribution is -0.147. The molecule has 0 bridgehead atoms. The lowest BCUT2D eigenvalue weighted by Crippen LogP contribution is -2.27. The first-order valence-corrected chi connectivity index (χ1v) is 16.1. The van der Waals surface area contributed by atoms with Crippen molar-refractivity contribution < 1.29 is 19.1 Å². The Kier molecular flexibility index (Phi) is 11.8. The molecule has 4 rings (SSSR count). The standard InChI is InChI=1S/C32H36N6O4S2/c1-6-21(4)31(40)42-17-15-23-9-11-24(12-10-23)34-36-28-20-27-30(44-28)33-32(43-27)37-35-26-14-13-25(19-22(26)5)38(8-3)16-18-41-29(39)7-2/h7,9-14,19-21H,2,6,8,15-18H2,1,3-5H3. The molecule has 10 nitrogen and oxygen atoms in total. The topological polar surface area (TPSA) is 118 Å². The van der Waals surface area contributed by atoms with Crippen molar-refractivity contribution in [2.75, 3.05) is 31.2 Å². The average Bonchev–Trinajstić information content (AvgIpc) is 3.60. The zero-order chi connectivity index (χ0) is 31.5. The molecule has 0 aliphatic rings. The Bertz CT molecular complexity index is 1610. The largest absolute Gasteiger partial charge is 0.465 e. The number of hydrogen-bond donors (Lipinski definition) is 0. The van der Waals surface area contributed by atoms with Gasteiger partial charge in [0.2, 0.25) is 5.13 Å². The smallest absolute Gasteiger partial charge is 0.330 e. The van der Waals surface area contributed by atoms with Gasteiger partial charge >= 0.3 is 11.9 Å². The molecule has 12 heteroatoms. The van der Waals surface area contributed by atoms with E-state index in [1.54, 1.807) is 0 Å². The van der Waals surface area contributed by atoms with Crippen molar-refractivity contribution in [3.63, 3.8) is 0 Å². The van der Waals surface area contributed by atoms with Crippen LogP contribution in [0.15, 0.2) is 81.6 Å². The second-order valence-electron chi connectivity index (χ2n) is 9.97. The fourth-order valence-corrected chi connectivity index (χ4v) is 5.90. The number of azo groups is 2. The van der Waals surface area contributed by atoms with Crippen molar-refractivity contribution in [2.24, 2.45) is 26.4 Å². The highest BCUT2D eigenvalue weighted by Gasteiger charge is 2.12. The van der Waals surface area contributed by atoms with E-state index in [0.29, 0.717) is 24.7 Å². The maximum Gasteiger partial charge on any atom is 0.330 e. The van der Waals surface area contributed by atoms with Crippen LogP contribution in [0.25, 0.3) is 9.53 Å². The van der Waals surface area contributed by atoms with Crippen LogP contribution < -0.4 is 4.90 Å². The van der Waals surface area contributed by atoms with Gasteiger partial charge in [-0.15, -0.1) is 20.5 Å². The monoisotopic (exact) mass is 632 g/mol. The summed E-state index contributed by atoms with van der Waals surface area (Å²) in [6, 6.07) is 15.6. The van der Waals surface area contributed by atoms with Gasteiger partial charge in [-0.3, -0.25) is 4.79 Å². The van der Waals surface area contributed by atoms with Crippen molar-refractivity contribution >= 4 is 71.3 Å². The molecule has 4 aromatic rings. The fourth-order valence-electron chi connectivity index (χ4n) is 4.05. The van der Waals surface area contributed by atoms with Crippen LogP contribution in [0.5, 0.6) is 0 Å². The van der Waals surface area contributed by atoms with Gasteiger partial charge in [-0.05, 0) is 67.8 Å². The van der Waals surface area contributed by atoms with Crippen LogP contribution in [-0.4, -0.2) is 43.2 Å². The number of thiophene rings is 1. The number of carbonyl (C=O) groups is 2. The van der Waals surface area contributed by atoms with Gasteiger partial charge in [-0.1, -0.05) is 55.2 Å². The van der Waals surface area contributed by atoms with Crippen molar-refractivity contribution in [3.8, 4) is 0 Å². The molecule has 0 aliphatic carbocycles. The van der Waals surface area contributed by atoms with Crippen LogP contribution in [0.4, 0.5) is 27.2 Å². The Labute approximate surface area is 265 Å². The Hall–Kier alpha value is -4.29. The summed E-state index contributed by atoms with van der Waals surface area (Å²) < 4.78 is 11.4. The molecule has 44 heavy (non-hydrogen) atoms. The van der Waals surface area contributed by atoms with Gasteiger partial charge in [0.1, 0.15) is 16.4 Å². The minimum Gasteiger partial charge on any atom is -0.465 e. The molecular weight excluding hydrogens is 597 g/mol. The van der Waals surface area contributed by atoms with Crippen molar-refractivity contribution in [1.82, 2.24) is 4.98 Å². The van der Waals surface area contributed by atoms with Gasteiger partial charge in [-0.2, -0.15) is 0 Å². The summed E-state index contributed by atoms with van der Waals surface area (Å²) >= 11 is 2.90. The maximum atomic E-state index is 11.8. The van der Waals surface area contributed by atoms with Crippen molar-refractivity contribution in [3.05, 3.63) is 72.3 Å². The lowest BCUT2D eigenvalue weighted by atomic mass is 10.1. The Morgan fingerprint density at radius 2 is 1.80 bits per heavy atom. The number of rotatable bonds is 15. The van der Waals surface area contributed by atoms with Gasteiger partial charge in [0.05, 0.1) is 35.1 Å². The number of carbonyl (C=O) groups excluding carboxylic acids is 2. The second kappa shape index (κ2) is 16.0. The molecule has 0 aliphatic heterocycles. The highest BCUT2D eigenvalue weighted by atomic mass is 32.1. The number of hydrogen-bond acceptors (Lipinski definition) is 12. The minimum atomic E-state index is -0.423. The number of likely N-dealkylation sites (N-methyl/N-ethyl adjacent to an activating group) is 1. The quantitative estimate of drug-likeness (QED) is 0.0732. The van der Waals surface area contributed by atoms with Gasteiger partial charge in [-0.25, -0.2) is 9.78 Å². The summed E-state index contributed by atoms with van der Waals surface area (Å²) in [6.07, 6.45) is 2.60. The third-order valence-electron chi connectivity index (χ3n) is 6.86. The molecule has 1 atom stereocenters. The minimum absolute atomic E-state index is 0.0717. The Balaban J connectivity index is 1.31. The first-order valence-electron chi connectivity index (χ1n) is 14.4. The fraction of sp³-hybridized carbons (Fsp3) is 0.344. The molecule has 1 unspecified atom stereocenters. The highest BCUT2D eigenvalue weighted by Crippen LogP contribution is 2.39. The third kappa shape index (κ3) is 9.10. The summed E-state index contributed by atoms with van der Waals surface area (Å²) in [6.45, 7) is 13.3. The number of ether oxygens (including phenoxy) is 2. The molecule has 0 radical (unpaired) electrons. The second-order valence-corrected chi connectivity index (χ2v) is 12.0. The number of fused-ring (bicyclic) bond motifs is 1. The molecule has 0 amide bonds. The van der Waals surface area contributed by atoms with Gasteiger partial charge < -0.3 is 14.4 Å². The molecule has 2 aromatic heterocycles. The molecule has 0 N–H and O–H groups in total. The van der Waals surface area contributed by atoms with Crippen LogP contribution >= 0.6 is 22.7 Å². The predicted molar refractivity (Wildman–Crippen MR) is 177 cm³/mol. The Morgan fingerprint density at radius 1 is 1.00 bits per heavy atom. The number of anilines is 1. The van der Waals surface area contributed by atoms with Gasteiger partial charge in [0, 0.05) is 24.7 Å². The normalized spacial score (nSPS) is 12.2. The van der Waals surface area contributed by atoms with Crippen molar-refractivity contribution in [2.45, 2.75) is 40.5 Å². The number of aryl methyl sites for hydroxylation is 1. The van der Waals surface area contributed by atoms with E-state index in [4.69, 9.17) is 9.47 Å². The van der Waals surface area contributed by atoms with Gasteiger partial charge in [0.15, 0.2) is 0 Å². The summed E-state index contributed by atoms with van der Waals surface area (Å²) in [5.41, 5.74) is 4.57. The zero-order valence-electron chi connectivity index (χ0n) is 25.4. The molecular formula is C32H36N6O4S2. The van der Waals surface area contributed by atoms with E-state index in [9.17, 15) is 9.59 Å². The first-order chi connectivity index (χ1) is 21.3. The molecule has 0 spiro atoms. The summed E-state index contributed by atoms with van der Waals surface area (Å²) in [7, 11) is 0. The number of esters is 2. The van der Waals surface area contributed by atoms with E-state index in [0.717, 1.165) is 61.8 Å². The SMILES string of the molecule is C=CC(=O)OCCN(CC)c1ccc(N=Nc2nc3sc(N=Nc4ccc(CCOC(=O)C(C)CC)cc4)cc3s2)c(C)c1. The number of thiazole rings is 1. The number of aromatic nitrogens is 1. The van der Waals surface area contributed by atoms with Crippen LogP contribution in [0.3, 0.4) is 0 Å². The maximum absolute atomic E-state index is 11.8. The van der Waals surface area contributed by atoms with E-state index in [2.05, 4.69) is 43.8 Å². The van der Waals surface area contributed by atoms with E-state index >= 15 is 0 Å². The van der Waals surface area contributed by atoms with Crippen LogP contribution in [0.2, 0.25) is 0 Å².